The monoisotopic (exact) mass is 354 g/mol. The van der Waals surface area contributed by atoms with Crippen LogP contribution in [0.15, 0.2) is 60.2 Å². The Kier molecular flexibility index (Phi) is 5.50. The zero-order chi connectivity index (χ0) is 17.6. The van der Waals surface area contributed by atoms with Crippen LogP contribution in [0.3, 0.4) is 0 Å². The van der Waals surface area contributed by atoms with Crippen molar-refractivity contribution in [2.75, 3.05) is 7.05 Å². The van der Waals surface area contributed by atoms with E-state index in [2.05, 4.69) is 21.9 Å². The predicted octanol–water partition coefficient (Wildman–Crippen LogP) is 3.71. The molecule has 6 heteroatoms. The van der Waals surface area contributed by atoms with E-state index in [-0.39, 0.29) is 12.1 Å². The first-order valence-electron chi connectivity index (χ1n) is 8.25. The Bertz CT molecular complexity index is 798. The number of carbonyl (C=O) groups is 1. The molecule has 0 aliphatic heterocycles. The van der Waals surface area contributed by atoms with E-state index in [1.165, 1.54) is 4.88 Å². The van der Waals surface area contributed by atoms with Gasteiger partial charge >= 0.3 is 6.03 Å². The van der Waals surface area contributed by atoms with Gasteiger partial charge in [0.1, 0.15) is 0 Å². The molecule has 0 aliphatic carbocycles. The fourth-order valence-corrected chi connectivity index (χ4v) is 3.45. The van der Waals surface area contributed by atoms with Crippen LogP contribution in [0.5, 0.6) is 0 Å². The third-order valence-corrected chi connectivity index (χ3v) is 4.78. The molecule has 25 heavy (non-hydrogen) atoms. The Morgan fingerprint density at radius 2 is 2.08 bits per heavy atom. The van der Waals surface area contributed by atoms with Crippen molar-refractivity contribution in [1.29, 1.82) is 0 Å². The van der Waals surface area contributed by atoms with Crippen molar-refractivity contribution in [3.05, 3.63) is 70.7 Å². The number of rotatable bonds is 6. The SMILES string of the molecule is CC(Cc1cccs1)NC(=O)N(C)Cc1cnn(-c2ccccc2)c1. The highest BCUT2D eigenvalue weighted by Gasteiger charge is 2.14. The summed E-state index contributed by atoms with van der Waals surface area (Å²) in [6.07, 6.45) is 4.60. The molecule has 0 aliphatic rings. The van der Waals surface area contributed by atoms with E-state index in [1.54, 1.807) is 29.5 Å². The van der Waals surface area contributed by atoms with Gasteiger partial charge in [-0.25, -0.2) is 9.48 Å². The number of thiophene rings is 1. The van der Waals surface area contributed by atoms with Gasteiger partial charge in [-0.3, -0.25) is 0 Å². The number of hydrogen-bond acceptors (Lipinski definition) is 3. The maximum atomic E-state index is 12.4. The van der Waals surface area contributed by atoms with E-state index < -0.39 is 0 Å². The van der Waals surface area contributed by atoms with Crippen LogP contribution in [0.2, 0.25) is 0 Å². The number of nitrogens with one attached hydrogen (secondary N) is 1. The molecule has 2 heterocycles. The molecule has 3 aromatic rings. The number of benzene rings is 1. The van der Waals surface area contributed by atoms with E-state index in [0.29, 0.717) is 6.54 Å². The van der Waals surface area contributed by atoms with Crippen LogP contribution in [-0.4, -0.2) is 33.8 Å². The van der Waals surface area contributed by atoms with Crippen molar-refractivity contribution in [2.45, 2.75) is 25.9 Å². The Labute approximate surface area is 151 Å². The topological polar surface area (TPSA) is 50.2 Å². The third kappa shape index (κ3) is 4.70. The van der Waals surface area contributed by atoms with Gasteiger partial charge in [0.05, 0.1) is 18.4 Å². The lowest BCUT2D eigenvalue weighted by atomic mass is 10.2. The second kappa shape index (κ2) is 7.98. The van der Waals surface area contributed by atoms with Crippen LogP contribution < -0.4 is 5.32 Å². The zero-order valence-corrected chi connectivity index (χ0v) is 15.2. The first-order chi connectivity index (χ1) is 12.1. The average molecular weight is 354 g/mol. The highest BCUT2D eigenvalue weighted by molar-refractivity contribution is 7.09. The second-order valence-corrected chi connectivity index (χ2v) is 7.15. The lowest BCUT2D eigenvalue weighted by molar-refractivity contribution is 0.203. The predicted molar refractivity (Wildman–Crippen MR) is 101 cm³/mol. The van der Waals surface area contributed by atoms with Crippen LogP contribution in [-0.2, 0) is 13.0 Å². The van der Waals surface area contributed by atoms with Crippen LogP contribution in [0.1, 0.15) is 17.4 Å². The normalized spacial score (nSPS) is 11.9. The van der Waals surface area contributed by atoms with Crippen LogP contribution in [0.4, 0.5) is 4.79 Å². The minimum Gasteiger partial charge on any atom is -0.335 e. The van der Waals surface area contributed by atoms with E-state index >= 15 is 0 Å². The molecule has 3 rings (SSSR count). The highest BCUT2D eigenvalue weighted by atomic mass is 32.1. The molecule has 0 radical (unpaired) electrons. The number of nitrogens with zero attached hydrogens (tertiary/aromatic N) is 3. The smallest absolute Gasteiger partial charge is 0.317 e. The largest absolute Gasteiger partial charge is 0.335 e. The molecule has 2 amide bonds. The fraction of sp³-hybridized carbons (Fsp3) is 0.263. The van der Waals surface area contributed by atoms with E-state index in [1.807, 2.05) is 54.2 Å². The van der Waals surface area contributed by atoms with Crippen molar-refractivity contribution in [3.63, 3.8) is 0 Å². The van der Waals surface area contributed by atoms with Gasteiger partial charge < -0.3 is 10.2 Å². The molecule has 130 valence electrons. The molecular formula is C19H22N4OS. The zero-order valence-electron chi connectivity index (χ0n) is 14.4. The molecule has 0 spiro atoms. The lowest BCUT2D eigenvalue weighted by Gasteiger charge is -2.20. The Morgan fingerprint density at radius 3 is 2.80 bits per heavy atom. The first-order valence-corrected chi connectivity index (χ1v) is 9.13. The third-order valence-electron chi connectivity index (χ3n) is 3.88. The summed E-state index contributed by atoms with van der Waals surface area (Å²) < 4.78 is 1.82. The summed E-state index contributed by atoms with van der Waals surface area (Å²) >= 11 is 1.71. The fourth-order valence-electron chi connectivity index (χ4n) is 2.61. The van der Waals surface area contributed by atoms with Crippen molar-refractivity contribution in [2.24, 2.45) is 0 Å². The molecule has 1 unspecified atom stereocenters. The summed E-state index contributed by atoms with van der Waals surface area (Å²) in [7, 11) is 1.80. The van der Waals surface area contributed by atoms with Crippen LogP contribution in [0.25, 0.3) is 5.69 Å². The molecule has 0 fully saturated rings. The van der Waals surface area contributed by atoms with Crippen molar-refractivity contribution in [3.8, 4) is 5.69 Å². The van der Waals surface area contributed by atoms with Gasteiger partial charge in [-0.2, -0.15) is 5.10 Å². The molecule has 0 bridgehead atoms. The van der Waals surface area contributed by atoms with Gasteiger partial charge in [0.15, 0.2) is 0 Å². The van der Waals surface area contributed by atoms with Crippen molar-refractivity contribution >= 4 is 17.4 Å². The number of aromatic nitrogens is 2. The van der Waals surface area contributed by atoms with Gasteiger partial charge in [-0.1, -0.05) is 24.3 Å². The van der Waals surface area contributed by atoms with Gasteiger partial charge in [0.2, 0.25) is 0 Å². The summed E-state index contributed by atoms with van der Waals surface area (Å²) in [5, 5.41) is 9.47. The van der Waals surface area contributed by atoms with Crippen molar-refractivity contribution in [1.82, 2.24) is 20.0 Å². The van der Waals surface area contributed by atoms with Gasteiger partial charge in [-0.05, 0) is 30.5 Å². The Morgan fingerprint density at radius 1 is 1.28 bits per heavy atom. The number of para-hydroxylation sites is 1. The Balaban J connectivity index is 1.54. The number of carbonyl (C=O) groups excluding carboxylic acids is 1. The summed E-state index contributed by atoms with van der Waals surface area (Å²) in [5.41, 5.74) is 2.00. The average Bonchev–Trinajstić information content (AvgIpc) is 3.27. The maximum Gasteiger partial charge on any atom is 0.317 e. The standard InChI is InChI=1S/C19H22N4OS/c1-15(11-18-9-6-10-25-18)21-19(24)22(2)13-16-12-20-23(14-16)17-7-4-3-5-8-17/h3-10,12,14-15H,11,13H2,1-2H3,(H,21,24). The lowest BCUT2D eigenvalue weighted by Crippen LogP contribution is -2.42. The number of urea groups is 1. The van der Waals surface area contributed by atoms with Crippen LogP contribution >= 0.6 is 11.3 Å². The summed E-state index contributed by atoms with van der Waals surface area (Å²) in [4.78, 5) is 15.3. The van der Waals surface area contributed by atoms with E-state index in [4.69, 9.17) is 0 Å². The second-order valence-electron chi connectivity index (χ2n) is 6.12. The number of amides is 2. The molecule has 1 atom stereocenters. The van der Waals surface area contributed by atoms with E-state index in [9.17, 15) is 4.79 Å². The van der Waals surface area contributed by atoms with E-state index in [0.717, 1.165) is 17.7 Å². The minimum absolute atomic E-state index is 0.0727. The molecule has 1 N–H and O–H groups in total. The van der Waals surface area contributed by atoms with Gasteiger partial charge in [0, 0.05) is 36.1 Å². The molecule has 0 saturated heterocycles. The quantitative estimate of drug-likeness (QED) is 0.734. The molecule has 0 saturated carbocycles. The van der Waals surface area contributed by atoms with Gasteiger partial charge in [0.25, 0.3) is 0 Å². The summed E-state index contributed by atoms with van der Waals surface area (Å²) in [6.45, 7) is 2.54. The summed E-state index contributed by atoms with van der Waals surface area (Å²) in [5.74, 6) is 0. The summed E-state index contributed by atoms with van der Waals surface area (Å²) in [6, 6.07) is 14.1. The van der Waals surface area contributed by atoms with Gasteiger partial charge in [-0.15, -0.1) is 11.3 Å². The minimum atomic E-state index is -0.0727. The highest BCUT2D eigenvalue weighted by Crippen LogP contribution is 2.12. The maximum absolute atomic E-state index is 12.4. The number of hydrogen-bond donors (Lipinski definition) is 1. The molecule has 2 aromatic heterocycles. The Hall–Kier alpha value is -2.60. The molecule has 1 aromatic carbocycles. The van der Waals surface area contributed by atoms with Crippen molar-refractivity contribution < 1.29 is 4.79 Å². The first kappa shape index (κ1) is 17.2. The molecular weight excluding hydrogens is 332 g/mol. The van der Waals surface area contributed by atoms with Crippen LogP contribution in [0, 0.1) is 0 Å². The molecule has 5 nitrogen and oxygen atoms in total.